The Morgan fingerprint density at radius 1 is 1.50 bits per heavy atom. The summed E-state index contributed by atoms with van der Waals surface area (Å²) >= 11 is 5.98. The molecule has 0 aromatic carbocycles. The minimum absolute atomic E-state index is 0.403. The molecule has 76 valence electrons. The molecule has 1 aliphatic carbocycles. The Labute approximate surface area is 88.0 Å². The molecule has 1 heterocycles. The number of halogens is 1. The Hall–Kier alpha value is -0.960. The average molecular weight is 213 g/mol. The maximum Gasteiger partial charge on any atom is 0.248 e. The minimum Gasteiger partial charge on any atom is -0.371 e. The van der Waals surface area contributed by atoms with Crippen molar-refractivity contribution in [3.8, 4) is 0 Å². The van der Waals surface area contributed by atoms with Gasteiger partial charge in [-0.2, -0.15) is 0 Å². The molecular formula is C10H13ClN2O. The van der Waals surface area contributed by atoms with Gasteiger partial charge < -0.3 is 11.1 Å². The normalized spacial score (nSPS) is 26.4. The van der Waals surface area contributed by atoms with Crippen LogP contribution in [0.5, 0.6) is 0 Å². The second-order valence-corrected chi connectivity index (χ2v) is 4.10. The number of dihydropyridines is 1. The number of alkyl halides is 1. The zero-order chi connectivity index (χ0) is 10.1. The highest BCUT2D eigenvalue weighted by atomic mass is 35.5. The van der Waals surface area contributed by atoms with E-state index in [0.29, 0.717) is 5.57 Å². The summed E-state index contributed by atoms with van der Waals surface area (Å²) in [7, 11) is 0. The topological polar surface area (TPSA) is 55.1 Å². The minimum atomic E-state index is -0.454. The molecule has 1 saturated carbocycles. The Morgan fingerprint density at radius 2 is 2.21 bits per heavy atom. The summed E-state index contributed by atoms with van der Waals surface area (Å²) in [4.78, 5) is 11.2. The molecule has 1 unspecified atom stereocenters. The molecule has 3 N–H and O–H groups in total. The molecule has 2 aliphatic rings. The van der Waals surface area contributed by atoms with Crippen LogP contribution in [0, 0.1) is 0 Å². The van der Waals surface area contributed by atoms with Crippen LogP contribution in [0.2, 0.25) is 0 Å². The Morgan fingerprint density at radius 3 is 2.93 bits per heavy atom. The number of amides is 1. The van der Waals surface area contributed by atoms with E-state index in [2.05, 4.69) is 5.32 Å². The summed E-state index contributed by atoms with van der Waals surface area (Å²) in [5.41, 5.74) is 7.69. The molecule has 4 heteroatoms. The molecule has 1 atom stereocenters. The van der Waals surface area contributed by atoms with Crippen molar-refractivity contribution in [2.24, 2.45) is 5.73 Å². The lowest BCUT2D eigenvalue weighted by Gasteiger charge is -2.28. The molecule has 0 bridgehead atoms. The number of carbonyl (C=O) groups excluding carboxylic acids is 1. The van der Waals surface area contributed by atoms with Crippen LogP contribution in [0.15, 0.2) is 22.9 Å². The van der Waals surface area contributed by atoms with Crippen LogP contribution < -0.4 is 11.1 Å². The van der Waals surface area contributed by atoms with Gasteiger partial charge in [-0.05, 0) is 36.8 Å². The molecule has 0 radical (unpaired) electrons. The molecule has 0 spiro atoms. The number of allylic oxidation sites excluding steroid dienone is 2. The summed E-state index contributed by atoms with van der Waals surface area (Å²) < 4.78 is 0. The summed E-state index contributed by atoms with van der Waals surface area (Å²) in [6, 6.07) is 0. The van der Waals surface area contributed by atoms with Crippen molar-refractivity contribution in [3.63, 3.8) is 0 Å². The van der Waals surface area contributed by atoms with Crippen molar-refractivity contribution in [1.82, 2.24) is 5.32 Å². The molecule has 14 heavy (non-hydrogen) atoms. The lowest BCUT2D eigenvalue weighted by Crippen LogP contribution is -2.34. The van der Waals surface area contributed by atoms with Gasteiger partial charge in [0.2, 0.25) is 5.91 Å². The predicted molar refractivity (Wildman–Crippen MR) is 55.5 cm³/mol. The molecule has 0 aromatic rings. The van der Waals surface area contributed by atoms with Crippen LogP contribution in [-0.2, 0) is 4.79 Å². The van der Waals surface area contributed by atoms with Crippen molar-refractivity contribution in [2.75, 3.05) is 0 Å². The van der Waals surface area contributed by atoms with E-state index >= 15 is 0 Å². The molecule has 0 saturated heterocycles. The lowest BCUT2D eigenvalue weighted by molar-refractivity contribution is -0.114. The zero-order valence-corrected chi connectivity index (χ0v) is 8.60. The largest absolute Gasteiger partial charge is 0.371 e. The van der Waals surface area contributed by atoms with E-state index < -0.39 is 11.4 Å². The van der Waals surface area contributed by atoms with E-state index in [4.69, 9.17) is 17.3 Å². The van der Waals surface area contributed by atoms with E-state index in [1.54, 1.807) is 0 Å². The standard InChI is InChI=1S/C10H13ClN2O/c11-9-8(10(12)14)7-4-2-1-3-6(7)5-13-9/h5,9,13H,1-4H2,(H2,12,14). The third-order valence-corrected chi connectivity index (χ3v) is 3.10. The van der Waals surface area contributed by atoms with Gasteiger partial charge in [0.1, 0.15) is 5.50 Å². The Balaban J connectivity index is 2.41. The van der Waals surface area contributed by atoms with E-state index in [9.17, 15) is 4.79 Å². The lowest BCUT2D eigenvalue weighted by atomic mass is 9.85. The van der Waals surface area contributed by atoms with Gasteiger partial charge in [-0.1, -0.05) is 11.6 Å². The summed E-state index contributed by atoms with van der Waals surface area (Å²) in [5.74, 6) is -0.403. The molecule has 0 aromatic heterocycles. The highest BCUT2D eigenvalue weighted by molar-refractivity contribution is 6.25. The number of nitrogens with one attached hydrogen (secondary N) is 1. The zero-order valence-electron chi connectivity index (χ0n) is 7.85. The van der Waals surface area contributed by atoms with Gasteiger partial charge in [0.05, 0.1) is 5.57 Å². The first-order chi connectivity index (χ1) is 6.70. The highest BCUT2D eigenvalue weighted by Gasteiger charge is 2.27. The van der Waals surface area contributed by atoms with Gasteiger partial charge in [0, 0.05) is 6.20 Å². The first-order valence-corrected chi connectivity index (χ1v) is 5.26. The molecule has 2 rings (SSSR count). The van der Waals surface area contributed by atoms with Crippen LogP contribution >= 0.6 is 11.6 Å². The van der Waals surface area contributed by atoms with Gasteiger partial charge in [0.25, 0.3) is 0 Å². The van der Waals surface area contributed by atoms with E-state index in [0.717, 1.165) is 24.8 Å². The summed E-state index contributed by atoms with van der Waals surface area (Å²) in [6.07, 6.45) is 6.15. The SMILES string of the molecule is NC(=O)C1=C2CCCCC2=CNC1Cl. The van der Waals surface area contributed by atoms with Crippen LogP contribution in [0.4, 0.5) is 0 Å². The van der Waals surface area contributed by atoms with Crippen molar-refractivity contribution >= 4 is 17.5 Å². The number of rotatable bonds is 1. The first kappa shape index (κ1) is 9.59. The molecule has 1 aliphatic heterocycles. The van der Waals surface area contributed by atoms with Gasteiger partial charge in [-0.15, -0.1) is 0 Å². The van der Waals surface area contributed by atoms with Crippen molar-refractivity contribution in [3.05, 3.63) is 22.9 Å². The Kier molecular flexibility index (Phi) is 2.50. The molecule has 1 fully saturated rings. The third-order valence-electron chi connectivity index (χ3n) is 2.76. The maximum atomic E-state index is 11.2. The fourth-order valence-electron chi connectivity index (χ4n) is 2.08. The van der Waals surface area contributed by atoms with Crippen molar-refractivity contribution in [2.45, 2.75) is 31.2 Å². The smallest absolute Gasteiger partial charge is 0.248 e. The molecule has 3 nitrogen and oxygen atoms in total. The number of fused-ring (bicyclic) bond motifs is 1. The number of carbonyl (C=O) groups is 1. The highest BCUT2D eigenvalue weighted by Crippen LogP contribution is 2.34. The predicted octanol–water partition coefficient (Wildman–Crippen LogP) is 1.39. The van der Waals surface area contributed by atoms with Crippen LogP contribution in [0.25, 0.3) is 0 Å². The van der Waals surface area contributed by atoms with Crippen LogP contribution in [0.1, 0.15) is 25.7 Å². The second-order valence-electron chi connectivity index (χ2n) is 3.66. The fraction of sp³-hybridized carbons (Fsp3) is 0.500. The molecular weight excluding hydrogens is 200 g/mol. The maximum absolute atomic E-state index is 11.2. The van der Waals surface area contributed by atoms with Crippen molar-refractivity contribution in [1.29, 1.82) is 0 Å². The van der Waals surface area contributed by atoms with E-state index in [1.807, 2.05) is 6.20 Å². The number of hydrogen-bond acceptors (Lipinski definition) is 2. The van der Waals surface area contributed by atoms with Gasteiger partial charge >= 0.3 is 0 Å². The fourth-order valence-corrected chi connectivity index (χ4v) is 2.38. The second kappa shape index (κ2) is 3.65. The van der Waals surface area contributed by atoms with E-state index in [1.165, 1.54) is 12.0 Å². The Bertz CT molecular complexity index is 333. The van der Waals surface area contributed by atoms with Gasteiger partial charge in [0.15, 0.2) is 0 Å². The van der Waals surface area contributed by atoms with Crippen LogP contribution in [0.3, 0.4) is 0 Å². The quantitative estimate of drug-likeness (QED) is 0.510. The van der Waals surface area contributed by atoms with E-state index in [-0.39, 0.29) is 0 Å². The number of nitrogens with two attached hydrogens (primary N) is 1. The third kappa shape index (κ3) is 1.52. The average Bonchev–Trinajstić information content (AvgIpc) is 2.17. The van der Waals surface area contributed by atoms with Crippen molar-refractivity contribution < 1.29 is 4.79 Å². The van der Waals surface area contributed by atoms with Gasteiger partial charge in [-0.3, -0.25) is 4.79 Å². The van der Waals surface area contributed by atoms with Crippen LogP contribution in [-0.4, -0.2) is 11.4 Å². The number of hydrogen-bond donors (Lipinski definition) is 2. The monoisotopic (exact) mass is 212 g/mol. The first-order valence-electron chi connectivity index (χ1n) is 4.82. The number of primary amides is 1. The molecule has 1 amide bonds. The van der Waals surface area contributed by atoms with Gasteiger partial charge in [-0.25, -0.2) is 0 Å². The summed E-state index contributed by atoms with van der Waals surface area (Å²) in [6.45, 7) is 0. The summed E-state index contributed by atoms with van der Waals surface area (Å²) in [5, 5.41) is 2.96.